The second-order valence-corrected chi connectivity index (χ2v) is 3.63. The fourth-order valence-corrected chi connectivity index (χ4v) is 1.11. The van der Waals surface area contributed by atoms with Gasteiger partial charge in [-0.05, 0) is 19.8 Å². The van der Waals surface area contributed by atoms with Crippen molar-refractivity contribution in [1.29, 1.82) is 0 Å². The van der Waals surface area contributed by atoms with E-state index in [0.717, 1.165) is 10.0 Å². The fraction of sp³-hybridized carbons (Fsp3) is 0.750. The van der Waals surface area contributed by atoms with E-state index in [1.54, 1.807) is 6.92 Å². The maximum Gasteiger partial charge on any atom is 0.0745 e. The van der Waals surface area contributed by atoms with E-state index < -0.39 is 6.10 Å². The predicted octanol–water partition coefficient (Wildman–Crippen LogP) is 1.50. The lowest BCUT2D eigenvalue weighted by atomic mass is 10.1. The van der Waals surface area contributed by atoms with Crippen LogP contribution in [0.5, 0.6) is 0 Å². The molecule has 11 heavy (non-hydrogen) atoms. The number of aliphatic hydroxyl groups excluding tert-OH is 2. The molecule has 66 valence electrons. The molecule has 0 heterocycles. The van der Waals surface area contributed by atoms with Gasteiger partial charge in [0.1, 0.15) is 0 Å². The van der Waals surface area contributed by atoms with Crippen LogP contribution in [-0.4, -0.2) is 26.8 Å². The summed E-state index contributed by atoms with van der Waals surface area (Å²) >= 11 is 2.12. The van der Waals surface area contributed by atoms with E-state index in [4.69, 9.17) is 5.11 Å². The van der Waals surface area contributed by atoms with Crippen molar-refractivity contribution < 1.29 is 10.2 Å². The third-order valence-corrected chi connectivity index (χ3v) is 2.54. The van der Waals surface area contributed by atoms with Crippen LogP contribution in [0.3, 0.4) is 0 Å². The summed E-state index contributed by atoms with van der Waals surface area (Å²) in [5.74, 6) is 0. The summed E-state index contributed by atoms with van der Waals surface area (Å²) in [6.45, 7) is 5.42. The Hall–Kier alpha value is 0.390. The molecule has 3 heteroatoms. The molecule has 2 nitrogen and oxygen atoms in total. The molecule has 0 aromatic rings. The summed E-state index contributed by atoms with van der Waals surface area (Å²) in [6, 6.07) is 0. The van der Waals surface area contributed by atoms with Crippen LogP contribution in [0.4, 0.5) is 0 Å². The molecule has 0 aliphatic rings. The standard InChI is InChI=1S/C8H15IO2/c1-6(2)8(11)4-3-7(10)5-9/h7-8,10-11H,1,3-5H2,2H3. The Morgan fingerprint density at radius 2 is 2.00 bits per heavy atom. The summed E-state index contributed by atoms with van der Waals surface area (Å²) in [5.41, 5.74) is 0.769. The van der Waals surface area contributed by atoms with Gasteiger partial charge in [0.15, 0.2) is 0 Å². The Labute approximate surface area is 81.5 Å². The summed E-state index contributed by atoms with van der Waals surface area (Å²) < 4.78 is 0.723. The van der Waals surface area contributed by atoms with Crippen LogP contribution < -0.4 is 0 Å². The molecule has 0 amide bonds. The smallest absolute Gasteiger partial charge is 0.0745 e. The molecular weight excluding hydrogens is 255 g/mol. The first kappa shape index (κ1) is 11.4. The Kier molecular flexibility index (Phi) is 6.18. The van der Waals surface area contributed by atoms with Crippen molar-refractivity contribution in [2.75, 3.05) is 4.43 Å². The van der Waals surface area contributed by atoms with Gasteiger partial charge in [0.05, 0.1) is 12.2 Å². The van der Waals surface area contributed by atoms with Crippen LogP contribution in [0, 0.1) is 0 Å². The zero-order valence-electron chi connectivity index (χ0n) is 6.76. The number of rotatable bonds is 5. The van der Waals surface area contributed by atoms with Crippen molar-refractivity contribution in [3.05, 3.63) is 12.2 Å². The maximum absolute atomic E-state index is 9.26. The highest BCUT2D eigenvalue weighted by Crippen LogP contribution is 2.09. The van der Waals surface area contributed by atoms with Gasteiger partial charge in [-0.25, -0.2) is 0 Å². The fourth-order valence-electron chi connectivity index (χ4n) is 0.674. The van der Waals surface area contributed by atoms with Crippen molar-refractivity contribution in [3.63, 3.8) is 0 Å². The molecule has 0 saturated heterocycles. The van der Waals surface area contributed by atoms with Crippen LogP contribution in [0.1, 0.15) is 19.8 Å². The van der Waals surface area contributed by atoms with Crippen LogP contribution in [0.15, 0.2) is 12.2 Å². The normalized spacial score (nSPS) is 16.0. The zero-order valence-corrected chi connectivity index (χ0v) is 8.91. The van der Waals surface area contributed by atoms with E-state index in [1.165, 1.54) is 0 Å². The molecule has 0 aliphatic carbocycles. The lowest BCUT2D eigenvalue weighted by Crippen LogP contribution is -2.14. The molecule has 0 saturated carbocycles. The lowest BCUT2D eigenvalue weighted by molar-refractivity contribution is 0.145. The SMILES string of the molecule is C=C(C)C(O)CCC(O)CI. The molecule has 0 fully saturated rings. The topological polar surface area (TPSA) is 40.5 Å². The first-order valence-corrected chi connectivity index (χ1v) is 5.18. The summed E-state index contributed by atoms with van der Waals surface area (Å²) in [7, 11) is 0. The van der Waals surface area contributed by atoms with Crippen molar-refractivity contribution in [1.82, 2.24) is 0 Å². The largest absolute Gasteiger partial charge is 0.392 e. The molecule has 2 N–H and O–H groups in total. The van der Waals surface area contributed by atoms with Gasteiger partial charge in [0, 0.05) is 4.43 Å². The Morgan fingerprint density at radius 1 is 1.45 bits per heavy atom. The molecule has 0 radical (unpaired) electrons. The Bertz CT molecular complexity index is 125. The number of aliphatic hydroxyl groups is 2. The molecular formula is C8H15IO2. The second-order valence-electron chi connectivity index (χ2n) is 2.75. The van der Waals surface area contributed by atoms with Crippen LogP contribution in [-0.2, 0) is 0 Å². The van der Waals surface area contributed by atoms with Crippen LogP contribution >= 0.6 is 22.6 Å². The minimum atomic E-state index is -0.451. The van der Waals surface area contributed by atoms with E-state index in [9.17, 15) is 5.11 Å². The van der Waals surface area contributed by atoms with E-state index in [1.807, 2.05) is 0 Å². The molecule has 0 aromatic carbocycles. The number of alkyl halides is 1. The highest BCUT2D eigenvalue weighted by atomic mass is 127. The lowest BCUT2D eigenvalue weighted by Gasteiger charge is -2.11. The zero-order chi connectivity index (χ0) is 8.85. The van der Waals surface area contributed by atoms with E-state index in [0.29, 0.717) is 12.8 Å². The minimum absolute atomic E-state index is 0.287. The van der Waals surface area contributed by atoms with Gasteiger partial charge in [-0.3, -0.25) is 0 Å². The third-order valence-electron chi connectivity index (χ3n) is 1.52. The quantitative estimate of drug-likeness (QED) is 0.451. The molecule has 0 bridgehead atoms. The van der Waals surface area contributed by atoms with Gasteiger partial charge in [-0.2, -0.15) is 0 Å². The van der Waals surface area contributed by atoms with Crippen molar-refractivity contribution in [2.45, 2.75) is 32.0 Å². The van der Waals surface area contributed by atoms with Gasteiger partial charge in [0.25, 0.3) is 0 Å². The molecule has 0 aromatic heterocycles. The summed E-state index contributed by atoms with van der Waals surface area (Å²) in [5, 5.41) is 18.4. The van der Waals surface area contributed by atoms with E-state index in [-0.39, 0.29) is 6.10 Å². The van der Waals surface area contributed by atoms with Gasteiger partial charge in [-0.1, -0.05) is 34.7 Å². The van der Waals surface area contributed by atoms with Crippen LogP contribution in [0.2, 0.25) is 0 Å². The van der Waals surface area contributed by atoms with Crippen molar-refractivity contribution in [3.8, 4) is 0 Å². The highest BCUT2D eigenvalue weighted by molar-refractivity contribution is 14.1. The average molecular weight is 270 g/mol. The van der Waals surface area contributed by atoms with Gasteiger partial charge in [0.2, 0.25) is 0 Å². The summed E-state index contributed by atoms with van der Waals surface area (Å²) in [4.78, 5) is 0. The number of halogens is 1. The third kappa shape index (κ3) is 5.64. The maximum atomic E-state index is 9.26. The van der Waals surface area contributed by atoms with E-state index >= 15 is 0 Å². The first-order valence-electron chi connectivity index (χ1n) is 3.65. The monoisotopic (exact) mass is 270 g/mol. The molecule has 0 spiro atoms. The van der Waals surface area contributed by atoms with E-state index in [2.05, 4.69) is 29.2 Å². The first-order chi connectivity index (χ1) is 5.07. The Balaban J connectivity index is 3.45. The number of hydrogen-bond acceptors (Lipinski definition) is 2. The van der Waals surface area contributed by atoms with Gasteiger partial charge in [-0.15, -0.1) is 0 Å². The minimum Gasteiger partial charge on any atom is -0.392 e. The van der Waals surface area contributed by atoms with Crippen molar-refractivity contribution >= 4 is 22.6 Å². The Morgan fingerprint density at radius 3 is 2.36 bits per heavy atom. The van der Waals surface area contributed by atoms with Crippen LogP contribution in [0.25, 0.3) is 0 Å². The number of hydrogen-bond donors (Lipinski definition) is 2. The molecule has 2 unspecified atom stereocenters. The average Bonchev–Trinajstić information content (AvgIpc) is 1.99. The van der Waals surface area contributed by atoms with Gasteiger partial charge < -0.3 is 10.2 Å². The second kappa shape index (κ2) is 5.97. The van der Waals surface area contributed by atoms with Gasteiger partial charge >= 0.3 is 0 Å². The summed E-state index contributed by atoms with van der Waals surface area (Å²) in [6.07, 6.45) is 0.522. The predicted molar refractivity (Wildman–Crippen MR) is 54.9 cm³/mol. The van der Waals surface area contributed by atoms with Crippen molar-refractivity contribution in [2.24, 2.45) is 0 Å². The molecule has 0 rings (SSSR count). The molecule has 0 aliphatic heterocycles. The highest BCUT2D eigenvalue weighted by Gasteiger charge is 2.07. The molecule has 2 atom stereocenters.